The highest BCUT2D eigenvalue weighted by atomic mass is 19.1. The molecule has 0 amide bonds. The van der Waals surface area contributed by atoms with Crippen molar-refractivity contribution >= 4 is 10.9 Å². The van der Waals surface area contributed by atoms with Gasteiger partial charge in [-0.2, -0.15) is 0 Å². The van der Waals surface area contributed by atoms with E-state index >= 15 is 0 Å². The monoisotopic (exact) mass is 265 g/mol. The molecule has 0 saturated heterocycles. The summed E-state index contributed by atoms with van der Waals surface area (Å²) < 4.78 is 14.4. The molecular weight excluding hydrogens is 249 g/mol. The van der Waals surface area contributed by atoms with E-state index in [4.69, 9.17) is 0 Å². The van der Waals surface area contributed by atoms with Crippen LogP contribution in [0.1, 0.15) is 25.3 Å². The summed E-state index contributed by atoms with van der Waals surface area (Å²) >= 11 is 0. The van der Waals surface area contributed by atoms with Crippen LogP contribution in [0.5, 0.6) is 0 Å². The van der Waals surface area contributed by atoms with Gasteiger partial charge in [-0.15, -0.1) is 0 Å². The van der Waals surface area contributed by atoms with E-state index in [0.29, 0.717) is 11.5 Å². The first-order valence-corrected chi connectivity index (χ1v) is 6.80. The SMILES string of the molecule is CC(C)c1ccc(-c2cccc3cccnc23)c(F)c1. The Labute approximate surface area is 118 Å². The second kappa shape index (κ2) is 5.04. The summed E-state index contributed by atoms with van der Waals surface area (Å²) in [6.07, 6.45) is 1.74. The van der Waals surface area contributed by atoms with Gasteiger partial charge in [0.1, 0.15) is 5.82 Å². The van der Waals surface area contributed by atoms with Gasteiger partial charge in [0.15, 0.2) is 0 Å². The molecule has 0 aliphatic rings. The number of fused-ring (bicyclic) bond motifs is 1. The largest absolute Gasteiger partial charge is 0.256 e. The van der Waals surface area contributed by atoms with Gasteiger partial charge in [-0.3, -0.25) is 4.98 Å². The van der Waals surface area contributed by atoms with Crippen molar-refractivity contribution in [3.05, 3.63) is 66.1 Å². The lowest BCUT2D eigenvalue weighted by molar-refractivity contribution is 0.627. The van der Waals surface area contributed by atoms with Gasteiger partial charge >= 0.3 is 0 Å². The Morgan fingerprint density at radius 1 is 0.950 bits per heavy atom. The van der Waals surface area contributed by atoms with Crippen LogP contribution in [0.4, 0.5) is 4.39 Å². The van der Waals surface area contributed by atoms with Crippen molar-refractivity contribution in [1.29, 1.82) is 0 Å². The molecule has 0 aliphatic carbocycles. The number of para-hydroxylation sites is 1. The van der Waals surface area contributed by atoms with Gasteiger partial charge in [0.05, 0.1) is 5.52 Å². The van der Waals surface area contributed by atoms with E-state index in [1.165, 1.54) is 0 Å². The Kier molecular flexibility index (Phi) is 3.23. The van der Waals surface area contributed by atoms with Crippen LogP contribution in [0, 0.1) is 5.82 Å². The van der Waals surface area contributed by atoms with Crippen molar-refractivity contribution in [3.63, 3.8) is 0 Å². The molecule has 0 atom stereocenters. The zero-order chi connectivity index (χ0) is 14.1. The summed E-state index contributed by atoms with van der Waals surface area (Å²) in [7, 11) is 0. The van der Waals surface area contributed by atoms with Crippen LogP contribution in [0.15, 0.2) is 54.7 Å². The van der Waals surface area contributed by atoms with Crippen molar-refractivity contribution in [2.45, 2.75) is 19.8 Å². The molecule has 0 bridgehead atoms. The molecule has 0 fully saturated rings. The van der Waals surface area contributed by atoms with E-state index in [1.54, 1.807) is 12.3 Å². The molecule has 20 heavy (non-hydrogen) atoms. The number of hydrogen-bond acceptors (Lipinski definition) is 1. The molecule has 0 unspecified atom stereocenters. The average molecular weight is 265 g/mol. The third-order valence-electron chi connectivity index (χ3n) is 3.58. The minimum Gasteiger partial charge on any atom is -0.256 e. The first-order chi connectivity index (χ1) is 9.66. The fraction of sp³-hybridized carbons (Fsp3) is 0.167. The number of benzene rings is 2. The Morgan fingerprint density at radius 2 is 1.75 bits per heavy atom. The molecule has 0 aliphatic heterocycles. The Hall–Kier alpha value is -2.22. The van der Waals surface area contributed by atoms with Crippen LogP contribution in [-0.2, 0) is 0 Å². The average Bonchev–Trinajstić information content (AvgIpc) is 2.46. The summed E-state index contributed by atoms with van der Waals surface area (Å²) in [5, 5.41) is 1.03. The number of hydrogen-bond donors (Lipinski definition) is 0. The Bertz CT molecular complexity index is 757. The molecule has 1 aromatic heterocycles. The first-order valence-electron chi connectivity index (χ1n) is 6.80. The van der Waals surface area contributed by atoms with Gasteiger partial charge in [0.2, 0.25) is 0 Å². The summed E-state index contributed by atoms with van der Waals surface area (Å²) in [5.41, 5.74) is 3.31. The molecule has 1 heterocycles. The van der Waals surface area contributed by atoms with Crippen molar-refractivity contribution in [2.75, 3.05) is 0 Å². The minimum absolute atomic E-state index is 0.186. The molecule has 2 heteroatoms. The molecule has 100 valence electrons. The smallest absolute Gasteiger partial charge is 0.131 e. The van der Waals surface area contributed by atoms with E-state index in [2.05, 4.69) is 18.8 Å². The molecule has 0 saturated carbocycles. The van der Waals surface area contributed by atoms with Crippen molar-refractivity contribution in [1.82, 2.24) is 4.98 Å². The summed E-state index contributed by atoms with van der Waals surface area (Å²) in [4.78, 5) is 4.39. The van der Waals surface area contributed by atoms with Gasteiger partial charge in [0.25, 0.3) is 0 Å². The fourth-order valence-corrected chi connectivity index (χ4v) is 2.43. The fourth-order valence-electron chi connectivity index (χ4n) is 2.43. The summed E-state index contributed by atoms with van der Waals surface area (Å²) in [6, 6.07) is 15.2. The highest BCUT2D eigenvalue weighted by Crippen LogP contribution is 2.30. The molecular formula is C18H16FN. The summed E-state index contributed by atoms with van der Waals surface area (Å²) in [5.74, 6) is 0.138. The highest BCUT2D eigenvalue weighted by molar-refractivity contribution is 5.93. The zero-order valence-electron chi connectivity index (χ0n) is 11.6. The molecule has 0 spiro atoms. The zero-order valence-corrected chi connectivity index (χ0v) is 11.6. The van der Waals surface area contributed by atoms with Crippen molar-refractivity contribution in [2.24, 2.45) is 0 Å². The number of aromatic nitrogens is 1. The van der Waals surface area contributed by atoms with Crippen molar-refractivity contribution < 1.29 is 4.39 Å². The topological polar surface area (TPSA) is 12.9 Å². The second-order valence-electron chi connectivity index (χ2n) is 5.27. The van der Waals surface area contributed by atoms with Crippen LogP contribution >= 0.6 is 0 Å². The van der Waals surface area contributed by atoms with E-state index in [0.717, 1.165) is 22.0 Å². The third-order valence-corrected chi connectivity index (χ3v) is 3.58. The van der Waals surface area contributed by atoms with E-state index in [-0.39, 0.29) is 5.82 Å². The lowest BCUT2D eigenvalue weighted by atomic mass is 9.97. The Morgan fingerprint density at radius 3 is 2.50 bits per heavy atom. The number of halogens is 1. The maximum absolute atomic E-state index is 14.4. The van der Waals surface area contributed by atoms with Crippen LogP contribution in [-0.4, -0.2) is 4.98 Å². The predicted octanol–water partition coefficient (Wildman–Crippen LogP) is 5.16. The standard InChI is InChI=1S/C18H16FN/c1-12(2)14-8-9-15(17(19)11-14)16-7-3-5-13-6-4-10-20-18(13)16/h3-12H,1-2H3. The van der Waals surface area contributed by atoms with Crippen LogP contribution in [0.25, 0.3) is 22.0 Å². The van der Waals surface area contributed by atoms with Crippen LogP contribution in [0.2, 0.25) is 0 Å². The van der Waals surface area contributed by atoms with E-state index in [1.807, 2.05) is 42.5 Å². The molecule has 3 rings (SSSR count). The maximum atomic E-state index is 14.4. The van der Waals surface area contributed by atoms with Gasteiger partial charge in [0, 0.05) is 22.7 Å². The molecule has 0 radical (unpaired) electrons. The quantitative estimate of drug-likeness (QED) is 0.623. The first kappa shape index (κ1) is 12.8. The lowest BCUT2D eigenvalue weighted by Crippen LogP contribution is -1.92. The second-order valence-corrected chi connectivity index (χ2v) is 5.27. The third kappa shape index (κ3) is 2.18. The van der Waals surface area contributed by atoms with Crippen molar-refractivity contribution in [3.8, 4) is 11.1 Å². The lowest BCUT2D eigenvalue weighted by Gasteiger charge is -2.10. The number of rotatable bonds is 2. The summed E-state index contributed by atoms with van der Waals surface area (Å²) in [6.45, 7) is 4.13. The minimum atomic E-state index is -0.186. The van der Waals surface area contributed by atoms with Gasteiger partial charge in [-0.25, -0.2) is 4.39 Å². The van der Waals surface area contributed by atoms with Gasteiger partial charge in [-0.05, 0) is 23.6 Å². The maximum Gasteiger partial charge on any atom is 0.131 e. The van der Waals surface area contributed by atoms with E-state index in [9.17, 15) is 4.39 Å². The molecule has 0 N–H and O–H groups in total. The van der Waals surface area contributed by atoms with Crippen LogP contribution < -0.4 is 0 Å². The van der Waals surface area contributed by atoms with Crippen LogP contribution in [0.3, 0.4) is 0 Å². The normalized spacial score (nSPS) is 11.2. The van der Waals surface area contributed by atoms with E-state index < -0.39 is 0 Å². The van der Waals surface area contributed by atoms with Gasteiger partial charge in [-0.1, -0.05) is 50.2 Å². The number of nitrogens with zero attached hydrogens (tertiary/aromatic N) is 1. The number of pyridine rings is 1. The predicted molar refractivity (Wildman–Crippen MR) is 81.2 cm³/mol. The van der Waals surface area contributed by atoms with Gasteiger partial charge < -0.3 is 0 Å². The molecule has 3 aromatic rings. The highest BCUT2D eigenvalue weighted by Gasteiger charge is 2.11. The molecule has 1 nitrogen and oxygen atoms in total. The molecule has 2 aromatic carbocycles. The Balaban J connectivity index is 2.21.